The van der Waals surface area contributed by atoms with Crippen LogP contribution in [-0.4, -0.2) is 78.9 Å². The van der Waals surface area contributed by atoms with Crippen LogP contribution >= 0.6 is 0 Å². The highest BCUT2D eigenvalue weighted by Crippen LogP contribution is 2.52. The number of nitrogens with one attached hydrogen (secondary N) is 1. The van der Waals surface area contributed by atoms with Crippen LogP contribution < -0.4 is 5.32 Å². The van der Waals surface area contributed by atoms with E-state index in [1.165, 1.54) is 25.7 Å². The largest absolute Gasteiger partial charge is 0.450 e. The minimum absolute atomic E-state index is 0.0716. The molecule has 0 aromatic heterocycles. The predicted molar refractivity (Wildman–Crippen MR) is 107 cm³/mol. The Morgan fingerprint density at radius 1 is 1.04 bits per heavy atom. The summed E-state index contributed by atoms with van der Waals surface area (Å²) < 4.78 is 5.33. The number of rotatable bonds is 3. The summed E-state index contributed by atoms with van der Waals surface area (Å²) in [4.78, 5) is 31.2. The number of hydrogen-bond acceptors (Lipinski definition) is 4. The van der Waals surface area contributed by atoms with Crippen molar-refractivity contribution in [3.8, 4) is 0 Å². The lowest BCUT2D eigenvalue weighted by Gasteiger charge is -2.60. The maximum absolute atomic E-state index is 12.5. The summed E-state index contributed by atoms with van der Waals surface area (Å²) in [7, 11) is 1.72. The molecule has 3 amide bonds. The van der Waals surface area contributed by atoms with Crippen molar-refractivity contribution < 1.29 is 14.3 Å². The topological polar surface area (TPSA) is 65.1 Å². The quantitative estimate of drug-likeness (QED) is 0.802. The van der Waals surface area contributed by atoms with Crippen molar-refractivity contribution in [2.75, 3.05) is 39.8 Å². The summed E-state index contributed by atoms with van der Waals surface area (Å²) in [5, 5.41) is 2.80. The Hall–Kier alpha value is -1.50. The van der Waals surface area contributed by atoms with E-state index >= 15 is 0 Å². The van der Waals surface area contributed by atoms with Gasteiger partial charge in [-0.1, -0.05) is 12.8 Å². The predicted octanol–water partition coefficient (Wildman–Crippen LogP) is 2.86. The zero-order valence-electron chi connectivity index (χ0n) is 17.5. The fraction of sp³-hybridized carbons (Fsp3) is 0.905. The van der Waals surface area contributed by atoms with Crippen LogP contribution in [0.3, 0.4) is 0 Å². The zero-order valence-corrected chi connectivity index (χ0v) is 17.5. The van der Waals surface area contributed by atoms with E-state index in [4.69, 9.17) is 4.74 Å². The van der Waals surface area contributed by atoms with Crippen LogP contribution in [0, 0.1) is 11.3 Å². The third-order valence-corrected chi connectivity index (χ3v) is 7.67. The molecule has 7 heteroatoms. The van der Waals surface area contributed by atoms with E-state index in [0.29, 0.717) is 24.0 Å². The van der Waals surface area contributed by atoms with E-state index in [-0.39, 0.29) is 18.3 Å². The summed E-state index contributed by atoms with van der Waals surface area (Å²) in [6.07, 6.45) is 9.58. The van der Waals surface area contributed by atoms with Gasteiger partial charge in [-0.2, -0.15) is 0 Å². The van der Waals surface area contributed by atoms with E-state index in [1.54, 1.807) is 7.05 Å². The van der Waals surface area contributed by atoms with Crippen LogP contribution in [0.5, 0.6) is 0 Å². The minimum atomic E-state index is -0.145. The number of ether oxygens (including phenoxy) is 1. The van der Waals surface area contributed by atoms with Gasteiger partial charge in [-0.25, -0.2) is 9.59 Å². The number of carbonyl (C=O) groups excluding carboxylic acids is 2. The molecule has 3 saturated heterocycles. The van der Waals surface area contributed by atoms with Crippen molar-refractivity contribution in [2.45, 2.75) is 70.5 Å². The molecule has 0 aromatic carbocycles. The Balaban J connectivity index is 1.40. The van der Waals surface area contributed by atoms with Crippen LogP contribution in [0.2, 0.25) is 0 Å². The van der Waals surface area contributed by atoms with Crippen LogP contribution in [-0.2, 0) is 4.74 Å². The maximum Gasteiger partial charge on any atom is 0.411 e. The van der Waals surface area contributed by atoms with Crippen molar-refractivity contribution in [1.82, 2.24) is 20.0 Å². The molecule has 3 heterocycles. The van der Waals surface area contributed by atoms with Crippen molar-refractivity contribution in [3.05, 3.63) is 0 Å². The molecule has 0 aromatic rings. The molecule has 0 radical (unpaired) electrons. The van der Waals surface area contributed by atoms with Crippen LogP contribution in [0.1, 0.15) is 58.3 Å². The third-order valence-electron chi connectivity index (χ3n) is 7.67. The lowest BCUT2D eigenvalue weighted by Crippen LogP contribution is -2.72. The second-order valence-corrected chi connectivity index (χ2v) is 9.10. The van der Waals surface area contributed by atoms with Crippen molar-refractivity contribution >= 4 is 12.1 Å². The van der Waals surface area contributed by atoms with Gasteiger partial charge in [-0.15, -0.1) is 0 Å². The second kappa shape index (κ2) is 8.09. The van der Waals surface area contributed by atoms with E-state index in [1.807, 2.05) is 16.7 Å². The van der Waals surface area contributed by atoms with Crippen LogP contribution in [0.15, 0.2) is 0 Å². The van der Waals surface area contributed by atoms with Gasteiger partial charge in [0.2, 0.25) is 0 Å². The molecule has 1 saturated carbocycles. The second-order valence-electron chi connectivity index (χ2n) is 9.10. The highest BCUT2D eigenvalue weighted by molar-refractivity contribution is 5.74. The van der Waals surface area contributed by atoms with E-state index in [2.05, 4.69) is 10.2 Å². The molecule has 1 unspecified atom stereocenters. The Morgan fingerprint density at radius 2 is 1.75 bits per heavy atom. The molecular weight excluding hydrogens is 356 g/mol. The molecule has 7 nitrogen and oxygen atoms in total. The molecule has 4 fully saturated rings. The molecule has 4 aliphatic rings. The van der Waals surface area contributed by atoms with E-state index in [9.17, 15) is 9.59 Å². The van der Waals surface area contributed by atoms with Crippen molar-refractivity contribution in [1.29, 1.82) is 0 Å². The molecule has 2 atom stereocenters. The first-order valence-electron chi connectivity index (χ1n) is 11.3. The van der Waals surface area contributed by atoms with E-state index < -0.39 is 0 Å². The molecule has 158 valence electrons. The minimum Gasteiger partial charge on any atom is -0.450 e. The van der Waals surface area contributed by atoms with E-state index in [0.717, 1.165) is 51.9 Å². The maximum atomic E-state index is 12.5. The van der Waals surface area contributed by atoms with Crippen molar-refractivity contribution in [2.24, 2.45) is 11.3 Å². The number of carbonyl (C=O) groups is 2. The average molecular weight is 393 g/mol. The summed E-state index contributed by atoms with van der Waals surface area (Å²) >= 11 is 0. The zero-order chi connectivity index (χ0) is 19.7. The number of nitrogens with zero attached hydrogens (tertiary/aromatic N) is 3. The lowest BCUT2D eigenvalue weighted by atomic mass is 9.73. The number of hydrogen-bond donors (Lipinski definition) is 1. The monoisotopic (exact) mass is 392 g/mol. The number of likely N-dealkylation sites (tertiary alicyclic amines) is 3. The van der Waals surface area contributed by atoms with Gasteiger partial charge < -0.3 is 15.0 Å². The Labute approximate surface area is 168 Å². The molecule has 4 rings (SSSR count). The highest BCUT2D eigenvalue weighted by Gasteiger charge is 2.58. The van der Waals surface area contributed by atoms with Gasteiger partial charge >= 0.3 is 12.1 Å². The normalized spacial score (nSPS) is 30.5. The number of amides is 3. The van der Waals surface area contributed by atoms with Gasteiger partial charge in [0.1, 0.15) is 0 Å². The molecule has 28 heavy (non-hydrogen) atoms. The SMILES string of the molecule is CCOC(=O)N1CC2(CCCC2)C1N1CCC([C@@H]2CCCN2C(=O)NC)CC1. The fourth-order valence-electron chi connectivity index (χ4n) is 6.40. The van der Waals surface area contributed by atoms with Gasteiger partial charge in [0.15, 0.2) is 0 Å². The van der Waals surface area contributed by atoms with Gasteiger partial charge in [-0.05, 0) is 51.4 Å². The Bertz CT molecular complexity index is 584. The smallest absolute Gasteiger partial charge is 0.411 e. The summed E-state index contributed by atoms with van der Waals surface area (Å²) in [6, 6.07) is 0.451. The lowest BCUT2D eigenvalue weighted by molar-refractivity contribution is -0.147. The van der Waals surface area contributed by atoms with Gasteiger partial charge in [0, 0.05) is 44.7 Å². The van der Waals surface area contributed by atoms with Crippen LogP contribution in [0.25, 0.3) is 0 Å². The highest BCUT2D eigenvalue weighted by atomic mass is 16.6. The fourth-order valence-corrected chi connectivity index (χ4v) is 6.40. The molecule has 1 spiro atoms. The number of piperidine rings is 1. The number of urea groups is 1. The standard InChI is InChI=1S/C21H36N4O3/c1-3-28-20(27)25-15-21(10-4-5-11-21)18(25)23-13-8-16(9-14-23)17-7-6-12-24(17)19(26)22-2/h16-18H,3-15H2,1-2H3,(H,22,26)/t17-,18?/m0/s1. The van der Waals surface area contributed by atoms with Gasteiger partial charge in [0.05, 0.1) is 12.8 Å². The summed E-state index contributed by atoms with van der Waals surface area (Å²) in [5.74, 6) is 0.576. The molecular formula is C21H36N4O3. The van der Waals surface area contributed by atoms with Gasteiger partial charge in [-0.3, -0.25) is 9.80 Å². The van der Waals surface area contributed by atoms with Crippen LogP contribution in [0.4, 0.5) is 9.59 Å². The molecule has 3 aliphatic heterocycles. The Kier molecular flexibility index (Phi) is 5.72. The molecule has 0 bridgehead atoms. The first-order chi connectivity index (χ1) is 13.6. The third kappa shape index (κ3) is 3.36. The first kappa shape index (κ1) is 19.8. The summed E-state index contributed by atoms with van der Waals surface area (Å²) in [6.45, 7) is 6.10. The molecule has 1 aliphatic carbocycles. The van der Waals surface area contributed by atoms with Gasteiger partial charge in [0.25, 0.3) is 0 Å². The summed E-state index contributed by atoms with van der Waals surface area (Å²) in [5.41, 5.74) is 0.293. The van der Waals surface area contributed by atoms with Crippen molar-refractivity contribution in [3.63, 3.8) is 0 Å². The Morgan fingerprint density at radius 3 is 2.39 bits per heavy atom. The molecule has 1 N–H and O–H groups in total. The first-order valence-corrected chi connectivity index (χ1v) is 11.3. The average Bonchev–Trinajstić information content (AvgIpc) is 3.37.